The highest BCUT2D eigenvalue weighted by atomic mass is 35.5. The first-order valence-electron chi connectivity index (χ1n) is 6.46. The lowest BCUT2D eigenvalue weighted by Gasteiger charge is -2.09. The van der Waals surface area contributed by atoms with E-state index in [1.54, 1.807) is 25.1 Å². The van der Waals surface area contributed by atoms with Crippen molar-refractivity contribution in [2.45, 2.75) is 19.8 Å². The van der Waals surface area contributed by atoms with Gasteiger partial charge in [-0.25, -0.2) is 4.39 Å². The SMILES string of the molecule is Cc1cc(F)ccc1NC(=O)CCc1cccc(Cl)c1Cl. The Labute approximate surface area is 132 Å². The number of hydrogen-bond acceptors (Lipinski definition) is 1. The third kappa shape index (κ3) is 4.19. The molecule has 21 heavy (non-hydrogen) atoms. The molecule has 0 unspecified atom stereocenters. The molecule has 2 aromatic rings. The summed E-state index contributed by atoms with van der Waals surface area (Å²) in [5.41, 5.74) is 2.12. The quantitative estimate of drug-likeness (QED) is 0.840. The van der Waals surface area contributed by atoms with Gasteiger partial charge < -0.3 is 5.32 Å². The highest BCUT2D eigenvalue weighted by Gasteiger charge is 2.09. The third-order valence-electron chi connectivity index (χ3n) is 3.12. The number of halogens is 3. The summed E-state index contributed by atoms with van der Waals surface area (Å²) in [4.78, 5) is 11.9. The molecule has 110 valence electrons. The van der Waals surface area contributed by atoms with E-state index in [2.05, 4.69) is 5.32 Å². The monoisotopic (exact) mass is 325 g/mol. The van der Waals surface area contributed by atoms with Crippen LogP contribution in [0, 0.1) is 12.7 Å². The zero-order valence-electron chi connectivity index (χ0n) is 11.4. The van der Waals surface area contributed by atoms with E-state index in [0.29, 0.717) is 27.7 Å². The van der Waals surface area contributed by atoms with Crippen molar-refractivity contribution in [3.8, 4) is 0 Å². The van der Waals surface area contributed by atoms with Crippen LogP contribution in [0.15, 0.2) is 36.4 Å². The van der Waals surface area contributed by atoms with Crippen molar-refractivity contribution < 1.29 is 9.18 Å². The number of carbonyl (C=O) groups excluding carboxylic acids is 1. The second kappa shape index (κ2) is 6.92. The Morgan fingerprint density at radius 1 is 1.24 bits per heavy atom. The Morgan fingerprint density at radius 2 is 2.00 bits per heavy atom. The van der Waals surface area contributed by atoms with Crippen LogP contribution in [0.4, 0.5) is 10.1 Å². The fourth-order valence-corrected chi connectivity index (χ4v) is 2.38. The topological polar surface area (TPSA) is 29.1 Å². The number of amides is 1. The molecular formula is C16H14Cl2FNO. The van der Waals surface area contributed by atoms with E-state index in [1.165, 1.54) is 12.1 Å². The highest BCUT2D eigenvalue weighted by molar-refractivity contribution is 6.42. The molecule has 0 saturated carbocycles. The van der Waals surface area contributed by atoms with Gasteiger partial charge in [-0.3, -0.25) is 4.79 Å². The molecule has 2 aromatic carbocycles. The summed E-state index contributed by atoms with van der Waals surface area (Å²) in [6.07, 6.45) is 0.766. The fourth-order valence-electron chi connectivity index (χ4n) is 1.97. The average Bonchev–Trinajstić information content (AvgIpc) is 2.43. The van der Waals surface area contributed by atoms with Crippen LogP contribution in [-0.4, -0.2) is 5.91 Å². The molecule has 0 fully saturated rings. The smallest absolute Gasteiger partial charge is 0.224 e. The molecule has 0 atom stereocenters. The molecule has 1 amide bonds. The normalized spacial score (nSPS) is 10.5. The van der Waals surface area contributed by atoms with Crippen LogP contribution in [0.1, 0.15) is 17.5 Å². The molecule has 0 spiro atoms. The van der Waals surface area contributed by atoms with Gasteiger partial charge in [-0.1, -0.05) is 35.3 Å². The van der Waals surface area contributed by atoms with Crippen molar-refractivity contribution in [1.82, 2.24) is 0 Å². The molecule has 2 rings (SSSR count). The Kier molecular flexibility index (Phi) is 5.21. The molecule has 0 saturated heterocycles. The van der Waals surface area contributed by atoms with E-state index in [1.807, 2.05) is 6.07 Å². The van der Waals surface area contributed by atoms with Gasteiger partial charge in [0.25, 0.3) is 0 Å². The summed E-state index contributed by atoms with van der Waals surface area (Å²) >= 11 is 12.0. The van der Waals surface area contributed by atoms with E-state index >= 15 is 0 Å². The lowest BCUT2D eigenvalue weighted by Crippen LogP contribution is -2.13. The minimum absolute atomic E-state index is 0.152. The molecule has 0 aliphatic rings. The molecule has 0 bridgehead atoms. The van der Waals surface area contributed by atoms with Crippen molar-refractivity contribution in [3.63, 3.8) is 0 Å². The largest absolute Gasteiger partial charge is 0.326 e. The molecule has 0 aromatic heterocycles. The third-order valence-corrected chi connectivity index (χ3v) is 3.97. The van der Waals surface area contributed by atoms with Crippen LogP contribution in [0.2, 0.25) is 10.0 Å². The van der Waals surface area contributed by atoms with Crippen molar-refractivity contribution in [1.29, 1.82) is 0 Å². The molecule has 0 heterocycles. The van der Waals surface area contributed by atoms with Crippen molar-refractivity contribution in [3.05, 3.63) is 63.4 Å². The Bertz CT molecular complexity index is 673. The maximum atomic E-state index is 13.0. The Balaban J connectivity index is 1.97. The van der Waals surface area contributed by atoms with E-state index in [-0.39, 0.29) is 18.1 Å². The first kappa shape index (κ1) is 15.8. The van der Waals surface area contributed by atoms with Crippen molar-refractivity contribution in [2.75, 3.05) is 5.32 Å². The van der Waals surface area contributed by atoms with Gasteiger partial charge in [-0.15, -0.1) is 0 Å². The maximum absolute atomic E-state index is 13.0. The second-order valence-electron chi connectivity index (χ2n) is 4.72. The summed E-state index contributed by atoms with van der Waals surface area (Å²) in [7, 11) is 0. The zero-order chi connectivity index (χ0) is 15.4. The summed E-state index contributed by atoms with van der Waals surface area (Å²) < 4.78 is 13.0. The molecule has 0 radical (unpaired) electrons. The standard InChI is InChI=1S/C16H14Cl2FNO/c1-10-9-12(19)6-7-14(10)20-15(21)8-5-11-3-2-4-13(17)16(11)18/h2-4,6-7,9H,5,8H2,1H3,(H,20,21). The molecule has 0 aliphatic heterocycles. The predicted molar refractivity (Wildman–Crippen MR) is 84.5 cm³/mol. The van der Waals surface area contributed by atoms with Gasteiger partial charge in [0, 0.05) is 12.1 Å². The summed E-state index contributed by atoms with van der Waals surface area (Å²) in [6.45, 7) is 1.74. The summed E-state index contributed by atoms with van der Waals surface area (Å²) in [6, 6.07) is 9.58. The zero-order valence-corrected chi connectivity index (χ0v) is 12.9. The number of aryl methyl sites for hydroxylation is 2. The van der Waals surface area contributed by atoms with E-state index in [0.717, 1.165) is 5.56 Å². The second-order valence-corrected chi connectivity index (χ2v) is 5.51. The van der Waals surface area contributed by atoms with E-state index < -0.39 is 0 Å². The summed E-state index contributed by atoms with van der Waals surface area (Å²) in [5, 5.41) is 3.71. The number of carbonyl (C=O) groups is 1. The Hall–Kier alpha value is -1.58. The molecule has 0 aliphatic carbocycles. The maximum Gasteiger partial charge on any atom is 0.224 e. The van der Waals surface area contributed by atoms with Crippen molar-refractivity contribution >= 4 is 34.8 Å². The lowest BCUT2D eigenvalue weighted by molar-refractivity contribution is -0.116. The number of rotatable bonds is 4. The number of anilines is 1. The first-order chi connectivity index (χ1) is 9.97. The number of benzene rings is 2. The van der Waals surface area contributed by atoms with Crippen LogP contribution in [-0.2, 0) is 11.2 Å². The van der Waals surface area contributed by atoms with Gasteiger partial charge in [0.1, 0.15) is 5.82 Å². The number of nitrogens with one attached hydrogen (secondary N) is 1. The van der Waals surface area contributed by atoms with Gasteiger partial charge in [-0.2, -0.15) is 0 Å². The van der Waals surface area contributed by atoms with E-state index in [4.69, 9.17) is 23.2 Å². The Morgan fingerprint density at radius 3 is 2.71 bits per heavy atom. The predicted octanol–water partition coefficient (Wildman–Crippen LogP) is 5.01. The molecule has 5 heteroatoms. The highest BCUT2D eigenvalue weighted by Crippen LogP contribution is 2.26. The van der Waals surface area contributed by atoms with E-state index in [9.17, 15) is 9.18 Å². The fraction of sp³-hybridized carbons (Fsp3) is 0.188. The average molecular weight is 326 g/mol. The van der Waals surface area contributed by atoms with Crippen LogP contribution in [0.3, 0.4) is 0 Å². The minimum atomic E-state index is -0.323. The van der Waals surface area contributed by atoms with Crippen LogP contribution in [0.25, 0.3) is 0 Å². The molecular weight excluding hydrogens is 312 g/mol. The van der Waals surface area contributed by atoms with Gasteiger partial charge in [0.15, 0.2) is 0 Å². The van der Waals surface area contributed by atoms with Gasteiger partial charge in [0.2, 0.25) is 5.91 Å². The minimum Gasteiger partial charge on any atom is -0.326 e. The van der Waals surface area contributed by atoms with Gasteiger partial charge >= 0.3 is 0 Å². The van der Waals surface area contributed by atoms with Crippen LogP contribution >= 0.6 is 23.2 Å². The van der Waals surface area contributed by atoms with Crippen molar-refractivity contribution in [2.24, 2.45) is 0 Å². The first-order valence-corrected chi connectivity index (χ1v) is 7.22. The number of hydrogen-bond donors (Lipinski definition) is 1. The van der Waals surface area contributed by atoms with Crippen LogP contribution in [0.5, 0.6) is 0 Å². The molecule has 1 N–H and O–H groups in total. The van der Waals surface area contributed by atoms with Gasteiger partial charge in [0.05, 0.1) is 10.0 Å². The summed E-state index contributed by atoms with van der Waals surface area (Å²) in [5.74, 6) is -0.475. The van der Waals surface area contributed by atoms with Crippen LogP contribution < -0.4 is 5.32 Å². The molecule has 2 nitrogen and oxygen atoms in total. The van der Waals surface area contributed by atoms with Gasteiger partial charge in [-0.05, 0) is 48.7 Å². The lowest BCUT2D eigenvalue weighted by atomic mass is 10.1.